The summed E-state index contributed by atoms with van der Waals surface area (Å²) in [6.45, 7) is 4.02. The van der Waals surface area contributed by atoms with Gasteiger partial charge in [0.1, 0.15) is 17.9 Å². The van der Waals surface area contributed by atoms with Crippen molar-refractivity contribution < 1.29 is 14.4 Å². The minimum Gasteiger partial charge on any atom is -0.359 e. The van der Waals surface area contributed by atoms with E-state index in [2.05, 4.69) is 15.6 Å². The minimum atomic E-state index is -0.681. The fourth-order valence-corrected chi connectivity index (χ4v) is 4.94. The fraction of sp³-hybridized carbons (Fsp3) is 0.481. The Kier molecular flexibility index (Phi) is 8.01. The van der Waals surface area contributed by atoms with Crippen LogP contribution in [0.1, 0.15) is 37.7 Å². The van der Waals surface area contributed by atoms with Gasteiger partial charge < -0.3 is 30.3 Å². The molecule has 0 saturated carbocycles. The zero-order valence-electron chi connectivity index (χ0n) is 21.8. The number of hydrogen-bond acceptors (Lipinski definition) is 6. The van der Waals surface area contributed by atoms with Gasteiger partial charge in [-0.25, -0.2) is 0 Å². The highest BCUT2D eigenvalue weighted by Gasteiger charge is 2.32. The summed E-state index contributed by atoms with van der Waals surface area (Å²) < 4.78 is 0. The first kappa shape index (κ1) is 26.1. The molecule has 0 unspecified atom stereocenters. The molecule has 10 nitrogen and oxygen atoms in total. The summed E-state index contributed by atoms with van der Waals surface area (Å²) in [5.41, 5.74) is 2.45. The van der Waals surface area contributed by atoms with Crippen molar-refractivity contribution in [3.8, 4) is 6.07 Å². The molecule has 10 heteroatoms. The lowest BCUT2D eigenvalue weighted by Crippen LogP contribution is -2.49. The standard InChI is InChI=1S/C27H35N7O3/c1-18-16-29-24-19(18)9-8-11-21(24)30-25(20(15-28)26(36)32(2)3)31-22-10-4-5-14-34(27(22)37)17-23(35)33-12-6-7-13-33/h8-9,11,16,22,29-31H,4-7,10,12-14,17H2,1-3H3/b25-20+/t22-/m0/s1. The highest BCUT2D eigenvalue weighted by Crippen LogP contribution is 2.27. The molecule has 4 rings (SSSR count). The predicted octanol–water partition coefficient (Wildman–Crippen LogP) is 2.30. The predicted molar refractivity (Wildman–Crippen MR) is 141 cm³/mol. The molecule has 1 aromatic carbocycles. The van der Waals surface area contributed by atoms with E-state index in [4.69, 9.17) is 0 Å². The van der Waals surface area contributed by atoms with Crippen LogP contribution in [0.5, 0.6) is 0 Å². The number of nitrogens with one attached hydrogen (secondary N) is 3. The van der Waals surface area contributed by atoms with E-state index in [1.165, 1.54) is 4.90 Å². The number of aromatic amines is 1. The Morgan fingerprint density at radius 2 is 1.89 bits per heavy atom. The van der Waals surface area contributed by atoms with Crippen LogP contribution in [0.3, 0.4) is 0 Å². The van der Waals surface area contributed by atoms with Crippen molar-refractivity contribution in [2.75, 3.05) is 45.6 Å². The molecule has 3 amide bonds. The Labute approximate surface area is 217 Å². The molecule has 1 aromatic heterocycles. The van der Waals surface area contributed by atoms with Crippen molar-refractivity contribution in [3.05, 3.63) is 41.4 Å². The molecule has 2 aromatic rings. The van der Waals surface area contributed by atoms with Crippen LogP contribution < -0.4 is 10.6 Å². The Hall–Kier alpha value is -4.00. The largest absolute Gasteiger partial charge is 0.359 e. The number of likely N-dealkylation sites (N-methyl/N-ethyl adjacent to an activating group) is 1. The van der Waals surface area contributed by atoms with Crippen LogP contribution in [0, 0.1) is 18.3 Å². The molecular formula is C27H35N7O3. The van der Waals surface area contributed by atoms with Gasteiger partial charge in [-0.2, -0.15) is 5.26 Å². The topological polar surface area (TPSA) is 125 Å². The zero-order chi connectivity index (χ0) is 26.5. The van der Waals surface area contributed by atoms with Gasteiger partial charge in [-0.1, -0.05) is 12.1 Å². The maximum atomic E-state index is 13.6. The number of nitrogens with zero attached hydrogens (tertiary/aromatic N) is 4. The summed E-state index contributed by atoms with van der Waals surface area (Å²) in [4.78, 5) is 47.3. The van der Waals surface area contributed by atoms with Crippen LogP contribution in [0.2, 0.25) is 0 Å². The van der Waals surface area contributed by atoms with Crippen LogP contribution in [0.15, 0.2) is 35.8 Å². The Morgan fingerprint density at radius 1 is 1.16 bits per heavy atom. The molecule has 0 bridgehead atoms. The van der Waals surface area contributed by atoms with Gasteiger partial charge in [-0.15, -0.1) is 0 Å². The lowest BCUT2D eigenvalue weighted by molar-refractivity contribution is -0.140. The van der Waals surface area contributed by atoms with Crippen molar-refractivity contribution in [3.63, 3.8) is 0 Å². The number of aromatic nitrogens is 1. The van der Waals surface area contributed by atoms with E-state index in [1.807, 2.05) is 42.3 Å². The number of carbonyl (C=O) groups excluding carboxylic acids is 3. The van der Waals surface area contributed by atoms with E-state index >= 15 is 0 Å². The van der Waals surface area contributed by atoms with Crippen molar-refractivity contribution in [2.45, 2.75) is 45.1 Å². The van der Waals surface area contributed by atoms with Crippen molar-refractivity contribution in [1.29, 1.82) is 5.26 Å². The van der Waals surface area contributed by atoms with E-state index in [9.17, 15) is 19.6 Å². The number of nitriles is 1. The molecule has 0 radical (unpaired) electrons. The third kappa shape index (κ3) is 5.71. The van der Waals surface area contributed by atoms with Gasteiger partial charge in [0.2, 0.25) is 11.8 Å². The lowest BCUT2D eigenvalue weighted by atomic mass is 10.1. The molecule has 3 heterocycles. The van der Waals surface area contributed by atoms with Gasteiger partial charge >= 0.3 is 0 Å². The average Bonchev–Trinajstić information content (AvgIpc) is 3.52. The average molecular weight is 506 g/mol. The van der Waals surface area contributed by atoms with E-state index in [0.29, 0.717) is 18.7 Å². The number of fused-ring (bicyclic) bond motifs is 1. The summed E-state index contributed by atoms with van der Waals surface area (Å²) in [6, 6.07) is 7.08. The second kappa shape index (κ2) is 11.4. The van der Waals surface area contributed by atoms with Gasteiger partial charge in [0.25, 0.3) is 5.91 Å². The highest BCUT2D eigenvalue weighted by molar-refractivity contribution is 6.00. The summed E-state index contributed by atoms with van der Waals surface area (Å²) in [5, 5.41) is 17.4. The van der Waals surface area contributed by atoms with Crippen LogP contribution in [0.4, 0.5) is 5.69 Å². The molecule has 37 heavy (non-hydrogen) atoms. The highest BCUT2D eigenvalue weighted by atomic mass is 16.2. The summed E-state index contributed by atoms with van der Waals surface area (Å²) in [7, 11) is 3.16. The maximum Gasteiger partial charge on any atom is 0.267 e. The quantitative estimate of drug-likeness (QED) is 0.392. The minimum absolute atomic E-state index is 0.0327. The van der Waals surface area contributed by atoms with Crippen LogP contribution in [0.25, 0.3) is 10.9 Å². The number of hydrogen-bond donors (Lipinski definition) is 3. The molecule has 2 fully saturated rings. The number of likely N-dealkylation sites (tertiary alicyclic amines) is 2. The van der Waals surface area contributed by atoms with Crippen molar-refractivity contribution >= 4 is 34.3 Å². The normalized spacial score (nSPS) is 18.8. The van der Waals surface area contributed by atoms with E-state index < -0.39 is 11.9 Å². The first-order valence-electron chi connectivity index (χ1n) is 12.8. The molecule has 2 saturated heterocycles. The lowest BCUT2D eigenvalue weighted by Gasteiger charge is -2.28. The van der Waals surface area contributed by atoms with E-state index in [-0.39, 0.29) is 29.8 Å². The zero-order valence-corrected chi connectivity index (χ0v) is 21.8. The van der Waals surface area contributed by atoms with Crippen molar-refractivity contribution in [2.24, 2.45) is 0 Å². The molecule has 2 aliphatic rings. The molecule has 2 aliphatic heterocycles. The van der Waals surface area contributed by atoms with Crippen LogP contribution in [-0.4, -0.2) is 83.7 Å². The van der Waals surface area contributed by atoms with E-state index in [0.717, 1.165) is 55.2 Å². The van der Waals surface area contributed by atoms with Crippen molar-refractivity contribution in [1.82, 2.24) is 25.0 Å². The van der Waals surface area contributed by atoms with Gasteiger partial charge in [0, 0.05) is 45.3 Å². The number of anilines is 1. The number of H-pyrrole nitrogens is 1. The maximum absolute atomic E-state index is 13.6. The third-order valence-electron chi connectivity index (χ3n) is 7.05. The number of para-hydroxylation sites is 1. The smallest absolute Gasteiger partial charge is 0.267 e. The molecule has 0 aliphatic carbocycles. The number of benzene rings is 1. The molecule has 0 spiro atoms. The van der Waals surface area contributed by atoms with Crippen LogP contribution in [-0.2, 0) is 14.4 Å². The fourth-order valence-electron chi connectivity index (χ4n) is 4.94. The number of rotatable bonds is 7. The van der Waals surface area contributed by atoms with E-state index in [1.54, 1.807) is 19.0 Å². The number of amides is 3. The Balaban J connectivity index is 1.63. The summed E-state index contributed by atoms with van der Waals surface area (Å²) in [6.07, 6.45) is 5.97. The van der Waals surface area contributed by atoms with Gasteiger partial charge in [-0.3, -0.25) is 14.4 Å². The van der Waals surface area contributed by atoms with Crippen LogP contribution >= 0.6 is 0 Å². The Morgan fingerprint density at radius 3 is 2.59 bits per heavy atom. The molecule has 196 valence electrons. The summed E-state index contributed by atoms with van der Waals surface area (Å²) in [5.74, 6) is -0.538. The van der Waals surface area contributed by atoms with Gasteiger partial charge in [0.15, 0.2) is 5.57 Å². The molecule has 1 atom stereocenters. The molecule has 3 N–H and O–H groups in total. The Bertz CT molecular complexity index is 1250. The number of aryl methyl sites for hydroxylation is 1. The molecular weight excluding hydrogens is 470 g/mol. The SMILES string of the molecule is Cc1c[nH]c2c(N/C(N[C@H]3CCCCN(CC(=O)N4CCCC4)C3=O)=C(/C#N)C(=O)N(C)C)cccc12. The second-order valence-corrected chi connectivity index (χ2v) is 9.93. The monoisotopic (exact) mass is 505 g/mol. The first-order chi connectivity index (χ1) is 17.8. The number of carbonyl (C=O) groups is 3. The first-order valence-corrected chi connectivity index (χ1v) is 12.8. The van der Waals surface area contributed by atoms with Gasteiger partial charge in [-0.05, 0) is 50.7 Å². The second-order valence-electron chi connectivity index (χ2n) is 9.93. The third-order valence-corrected chi connectivity index (χ3v) is 7.05. The van der Waals surface area contributed by atoms with Gasteiger partial charge in [0.05, 0.1) is 17.7 Å². The summed E-state index contributed by atoms with van der Waals surface area (Å²) >= 11 is 0.